The number of amides is 17. The molecule has 0 bridgehead atoms. The van der Waals surface area contributed by atoms with E-state index in [4.69, 9.17) is 33.1 Å². The fourth-order valence-corrected chi connectivity index (χ4v) is 18.1. The van der Waals surface area contributed by atoms with Gasteiger partial charge in [-0.2, -0.15) is 0 Å². The van der Waals surface area contributed by atoms with Crippen molar-refractivity contribution in [3.8, 4) is 22.8 Å². The Morgan fingerprint density at radius 2 is 1.09 bits per heavy atom. The average Bonchev–Trinajstić information content (AvgIpc) is 1.65. The number of phenols is 1. The molecular formula is C95H133N23O20S. The lowest BCUT2D eigenvalue weighted by atomic mass is 9.96. The van der Waals surface area contributed by atoms with Crippen molar-refractivity contribution in [3.05, 3.63) is 120 Å². The molecule has 3 aliphatic rings. The molecule has 5 heterocycles. The lowest BCUT2D eigenvalue weighted by molar-refractivity contribution is -0.149. The van der Waals surface area contributed by atoms with E-state index < -0.39 is 229 Å². The van der Waals surface area contributed by atoms with Gasteiger partial charge in [0.05, 0.1) is 32.4 Å². The number of aliphatic hydroxyl groups excluding tert-OH is 1. The van der Waals surface area contributed by atoms with Crippen molar-refractivity contribution < 1.29 is 96.5 Å². The average molecular weight is 1950 g/mol. The van der Waals surface area contributed by atoms with Gasteiger partial charge in [0.15, 0.2) is 5.96 Å². The highest BCUT2D eigenvalue weighted by Crippen LogP contribution is 2.34. The largest absolute Gasteiger partial charge is 0.508 e. The van der Waals surface area contributed by atoms with E-state index >= 15 is 38.4 Å². The molecule has 0 spiro atoms. The highest BCUT2D eigenvalue weighted by atomic mass is 32.2. The number of thioether (sulfide) groups is 1. The fourth-order valence-electron chi connectivity index (χ4n) is 17.3. The summed E-state index contributed by atoms with van der Waals surface area (Å²) in [6.45, 7) is 6.00. The van der Waals surface area contributed by atoms with E-state index in [1.54, 1.807) is 86.8 Å². The molecule has 3 fully saturated rings. The van der Waals surface area contributed by atoms with Crippen LogP contribution >= 0.6 is 11.8 Å². The molecule has 17 amide bonds. The summed E-state index contributed by atoms with van der Waals surface area (Å²) in [4.78, 5) is 263. The molecule has 2 aromatic heterocycles. The van der Waals surface area contributed by atoms with Crippen molar-refractivity contribution >= 4 is 140 Å². The predicted molar refractivity (Wildman–Crippen MR) is 517 cm³/mol. The van der Waals surface area contributed by atoms with Gasteiger partial charge in [-0.25, -0.2) is 0 Å². The SMILES string of the molecule is CCCC[C@H]1C(=O)N(C)[C@@H](CCCC)C(=O)NC(CCCNC(=N)N)C(=O)N[C@H](C(=O)NCC(N)=O)CSCC(=O)N[C@@H](Cc2ccc(O)cc2)C(=O)N(C)[C@@H](C)C(=O)N[C@@H](CC(N)=O)C(=O)N2CCC[C@H]2C(=O)N[C@@H](CN)C(=O)N[C@@H](CC(C)C)C(=O)N2CCCC2C(=O)N[C@@H](Cc2c[nH]c3ccccc23)C(=O)N[C@@H](CO)C(=O)N[C@@H](Cc2c(-c3ccc(OC)cc3)[nH]c3ccccc23)C(=O)N1C. The molecule has 14 atom stereocenters. The third-order valence-electron chi connectivity index (χ3n) is 25.1. The molecule has 3 saturated heterocycles. The maximum atomic E-state index is 16.2. The predicted octanol–water partition coefficient (Wildman–Crippen LogP) is -1.23. The number of aliphatic hydroxyl groups is 1. The van der Waals surface area contributed by atoms with Gasteiger partial charge >= 0.3 is 0 Å². The quantitative estimate of drug-likeness (QED) is 0.0163. The van der Waals surface area contributed by atoms with E-state index in [1.165, 1.54) is 64.3 Å². The number of benzene rings is 4. The van der Waals surface area contributed by atoms with Gasteiger partial charge < -0.3 is 131 Å². The lowest BCUT2D eigenvalue weighted by Crippen LogP contribution is -2.62. The van der Waals surface area contributed by atoms with Crippen LogP contribution in [0, 0.1) is 11.3 Å². The molecule has 43 nitrogen and oxygen atoms in total. The van der Waals surface area contributed by atoms with Crippen molar-refractivity contribution in [1.82, 2.24) is 93.0 Å². The topological polar surface area (TPSA) is 648 Å². The van der Waals surface area contributed by atoms with Crippen LogP contribution in [0.3, 0.4) is 0 Å². The van der Waals surface area contributed by atoms with Gasteiger partial charge in [-0.3, -0.25) is 86.9 Å². The number of nitrogens with zero attached hydrogens (tertiary/aromatic N) is 5. The molecule has 0 aliphatic carbocycles. The van der Waals surface area contributed by atoms with E-state index in [1.807, 2.05) is 19.9 Å². The summed E-state index contributed by atoms with van der Waals surface area (Å²) in [5.74, 6) is -17.1. The molecule has 3 aliphatic heterocycles. The minimum atomic E-state index is -1.90. The Bertz CT molecular complexity index is 5390. The van der Waals surface area contributed by atoms with Crippen LogP contribution in [0.25, 0.3) is 33.1 Å². The molecule has 2 unspecified atom stereocenters. The highest BCUT2D eigenvalue weighted by Gasteiger charge is 2.46. The second-order valence-electron chi connectivity index (χ2n) is 35.6. The molecule has 0 saturated carbocycles. The highest BCUT2D eigenvalue weighted by molar-refractivity contribution is 8.00. The number of aromatic hydroxyl groups is 1. The number of aromatic nitrogens is 2. The molecule has 9 rings (SSSR count). The number of aromatic amines is 2. The summed E-state index contributed by atoms with van der Waals surface area (Å²) in [6.07, 6.45) is 1.78. The molecule has 0 radical (unpaired) electrons. The number of likely N-dealkylation sites (N-methyl/N-ethyl adjacent to an activating group) is 3. The Kier molecular flexibility index (Phi) is 40.7. The van der Waals surface area contributed by atoms with Gasteiger partial charge in [0.2, 0.25) is 100 Å². The Labute approximate surface area is 809 Å². The zero-order valence-corrected chi connectivity index (χ0v) is 80.7. The number of guanidine groups is 1. The zero-order chi connectivity index (χ0) is 102. The summed E-state index contributed by atoms with van der Waals surface area (Å²) in [5, 5.41) is 60.0. The number of H-pyrrole nitrogens is 2. The second kappa shape index (κ2) is 52.0. The Hall–Kier alpha value is -13.9. The summed E-state index contributed by atoms with van der Waals surface area (Å²) in [6, 6.07) is 5.33. The van der Waals surface area contributed by atoms with Crippen molar-refractivity contribution in [1.29, 1.82) is 5.41 Å². The maximum absolute atomic E-state index is 16.2. The molecule has 754 valence electrons. The number of fused-ring (bicyclic) bond motifs is 4. The van der Waals surface area contributed by atoms with Crippen LogP contribution in [0.4, 0.5) is 0 Å². The van der Waals surface area contributed by atoms with E-state index in [9.17, 15) is 53.4 Å². The molecule has 4 aromatic carbocycles. The Morgan fingerprint density at radius 1 is 0.547 bits per heavy atom. The lowest BCUT2D eigenvalue weighted by Gasteiger charge is -2.36. The minimum Gasteiger partial charge on any atom is -0.508 e. The Morgan fingerprint density at radius 3 is 1.69 bits per heavy atom. The number of methoxy groups -OCH3 is 1. The first-order valence-corrected chi connectivity index (χ1v) is 48.0. The van der Waals surface area contributed by atoms with E-state index in [0.29, 0.717) is 81.2 Å². The third kappa shape index (κ3) is 29.8. The van der Waals surface area contributed by atoms with Crippen LogP contribution in [0.15, 0.2) is 103 Å². The number of para-hydroxylation sites is 2. The number of carbonyl (C=O) groups excluding carboxylic acids is 17. The minimum absolute atomic E-state index is 0.000249. The van der Waals surface area contributed by atoms with E-state index in [0.717, 1.165) is 31.4 Å². The van der Waals surface area contributed by atoms with Crippen molar-refractivity contribution in [2.45, 2.75) is 228 Å². The van der Waals surface area contributed by atoms with Crippen LogP contribution < -0.4 is 86.2 Å². The third-order valence-corrected chi connectivity index (χ3v) is 26.1. The number of unbranched alkanes of at least 4 members (excludes halogenated alkanes) is 2. The monoisotopic (exact) mass is 1950 g/mol. The first-order chi connectivity index (χ1) is 66.3. The molecule has 44 heteroatoms. The first kappa shape index (κ1) is 109. The normalized spacial score (nSPS) is 23.8. The molecule has 6 aromatic rings. The van der Waals surface area contributed by atoms with Gasteiger partial charge in [-0.15, -0.1) is 11.8 Å². The van der Waals surface area contributed by atoms with Crippen LogP contribution in [0.5, 0.6) is 11.5 Å². The summed E-state index contributed by atoms with van der Waals surface area (Å²) < 4.78 is 5.51. The van der Waals surface area contributed by atoms with Gasteiger partial charge in [-0.1, -0.05) is 102 Å². The number of hydrogen-bond acceptors (Lipinski definition) is 23. The maximum Gasteiger partial charge on any atom is 0.246 e. The van der Waals surface area contributed by atoms with Gasteiger partial charge in [0, 0.05) is 106 Å². The van der Waals surface area contributed by atoms with Gasteiger partial charge in [0.25, 0.3) is 0 Å². The number of nitrogens with two attached hydrogens (primary N) is 4. The van der Waals surface area contributed by atoms with Crippen LogP contribution in [0.1, 0.15) is 141 Å². The van der Waals surface area contributed by atoms with Crippen molar-refractivity contribution in [2.75, 3.05) is 79.1 Å². The van der Waals surface area contributed by atoms with Crippen LogP contribution in [-0.4, -0.2) is 315 Å². The first-order valence-electron chi connectivity index (χ1n) is 46.8. The summed E-state index contributed by atoms with van der Waals surface area (Å²) in [7, 11) is 5.43. The summed E-state index contributed by atoms with van der Waals surface area (Å²) >= 11 is 0.762. The Balaban J connectivity index is 1.12. The fraction of sp³-hybridized carbons (Fsp3) is 0.516. The number of hydrogen-bond donors (Lipinski definition) is 20. The zero-order valence-electron chi connectivity index (χ0n) is 79.8. The van der Waals surface area contributed by atoms with Crippen LogP contribution in [-0.2, 0) is 101 Å². The van der Waals surface area contributed by atoms with Crippen molar-refractivity contribution in [2.24, 2.45) is 28.9 Å². The number of ether oxygens (including phenoxy) is 1. The molecular weight excluding hydrogens is 1820 g/mol. The van der Waals surface area contributed by atoms with E-state index in [-0.39, 0.29) is 108 Å². The molecule has 24 N–H and O–H groups in total. The standard InChI is InChI=1S/C95H133N23O20S/c1-10-12-26-73-87(130)106-64(25-18-38-101-95(99)100)83(126)113-72(82(125)103-48-78(98)122)50-139-51-79(123)104-67(42-54-30-34-57(120)35-31-54)90(133)114(6)53(5)81(124)108-69(45-77(97)121)93(136)118-40-20-29-75(118)89(132)111-70(46-96)85(128)109-66(41-52(3)4)92(135)117-39-19-28-74(117)88(131)107-65(43-56-47-102-62-23-16-14-21-59(56)62)84(127)112-71(49-119)86(129)110-68(91(134)116(8)76(27-13-11-2)94(137)115(73)7)44-61-60-22-15-17-24-63(60)105-80(61)55-32-36-58(138-9)37-33-55/h14-17,21-24,30-37,47,52-53,64-76,102,105,119-120H,10-13,18-20,25-29,38-46,48-51,96H2,1-9H3,(H2,97,121)(H2,98,122)(H,103,125)(H,104,123)(H,106,130)(H,107,131)(H,108,124)(H,109,128)(H,110,129)(H,111,132)(H,112,127)(H,113,126)(H4,99,100,101)/t53-,64?,65-,66-,67-,68-,69-,70-,71-,72-,73-,74?,75-,76-/m0/s1. The number of carbonyl (C=O) groups is 17. The van der Waals surface area contributed by atoms with Gasteiger partial charge in [-0.05, 0) is 141 Å². The van der Waals surface area contributed by atoms with Gasteiger partial charge in [0.1, 0.15) is 96.1 Å². The molecule has 139 heavy (non-hydrogen) atoms. The smallest absolute Gasteiger partial charge is 0.246 e. The summed E-state index contributed by atoms with van der Waals surface area (Å²) in [5.41, 5.74) is 26.9. The number of primary amides is 2. The van der Waals surface area contributed by atoms with Crippen molar-refractivity contribution in [3.63, 3.8) is 0 Å². The van der Waals surface area contributed by atoms with Crippen LogP contribution in [0.2, 0.25) is 0 Å². The number of phenolic OH excluding ortho intramolecular Hbond substituents is 1. The van der Waals surface area contributed by atoms with E-state index in [2.05, 4.69) is 68.5 Å². The second-order valence-corrected chi connectivity index (χ2v) is 36.6. The number of rotatable bonds is 27. The number of nitrogens with one attached hydrogen (secondary N) is 14.